The van der Waals surface area contributed by atoms with E-state index in [2.05, 4.69) is 31.2 Å². The van der Waals surface area contributed by atoms with Crippen LogP contribution in [0.25, 0.3) is 5.57 Å². The molecule has 0 N–H and O–H groups in total. The van der Waals surface area contributed by atoms with Crippen LogP contribution in [0.4, 0.5) is 0 Å². The average molecular weight is 244 g/mol. The second-order valence-corrected chi connectivity index (χ2v) is 5.39. The third-order valence-corrected chi connectivity index (χ3v) is 3.93. The van der Waals surface area contributed by atoms with Crippen LogP contribution in [0.1, 0.15) is 31.7 Å². The zero-order valence-electron chi connectivity index (χ0n) is 10.8. The highest BCUT2D eigenvalue weighted by molar-refractivity contribution is 5.62. The summed E-state index contributed by atoms with van der Waals surface area (Å²) in [6.07, 6.45) is 6.69. The Balaban J connectivity index is 1.48. The molecule has 0 aromatic heterocycles. The van der Waals surface area contributed by atoms with Crippen LogP contribution in [0, 0.1) is 5.92 Å². The molecule has 1 heterocycles. The SMILES string of the molecule is CC(=COCC1CCC2OC2C1)c1ccccc1. The predicted octanol–water partition coefficient (Wildman–Crippen LogP) is 3.63. The average Bonchev–Trinajstić information content (AvgIpc) is 3.18. The first kappa shape index (κ1) is 11.8. The minimum absolute atomic E-state index is 0.548. The van der Waals surface area contributed by atoms with Crippen molar-refractivity contribution < 1.29 is 9.47 Å². The Bertz CT molecular complexity index is 424. The smallest absolute Gasteiger partial charge is 0.0902 e. The zero-order valence-corrected chi connectivity index (χ0v) is 10.8. The molecule has 2 heteroatoms. The fourth-order valence-electron chi connectivity index (χ4n) is 2.72. The number of allylic oxidation sites excluding steroid dienone is 1. The van der Waals surface area contributed by atoms with Gasteiger partial charge in [0.2, 0.25) is 0 Å². The normalized spacial score (nSPS) is 30.7. The molecule has 3 unspecified atom stereocenters. The van der Waals surface area contributed by atoms with Gasteiger partial charge in [0.05, 0.1) is 25.1 Å². The molecule has 0 amide bonds. The molecule has 3 rings (SSSR count). The van der Waals surface area contributed by atoms with Crippen LogP contribution in [-0.4, -0.2) is 18.8 Å². The molecular formula is C16H20O2. The third-order valence-electron chi connectivity index (χ3n) is 3.93. The van der Waals surface area contributed by atoms with E-state index in [4.69, 9.17) is 9.47 Å². The molecule has 1 aromatic rings. The predicted molar refractivity (Wildman–Crippen MR) is 72.0 cm³/mol. The van der Waals surface area contributed by atoms with Crippen molar-refractivity contribution in [2.24, 2.45) is 5.92 Å². The number of ether oxygens (including phenoxy) is 2. The number of rotatable bonds is 4. The number of benzene rings is 1. The molecule has 3 atom stereocenters. The van der Waals surface area contributed by atoms with Gasteiger partial charge in [-0.3, -0.25) is 0 Å². The summed E-state index contributed by atoms with van der Waals surface area (Å²) < 4.78 is 11.3. The largest absolute Gasteiger partial charge is 0.501 e. The molecule has 96 valence electrons. The molecule has 2 aliphatic rings. The standard InChI is InChI=1S/C16H20O2/c1-12(14-5-3-2-4-6-14)10-17-11-13-7-8-15-16(9-13)18-15/h2-6,10,13,15-16H,7-9,11H2,1H3. The molecule has 18 heavy (non-hydrogen) atoms. The van der Waals surface area contributed by atoms with Crippen molar-refractivity contribution in [3.63, 3.8) is 0 Å². The molecule has 2 fully saturated rings. The second kappa shape index (κ2) is 5.15. The second-order valence-electron chi connectivity index (χ2n) is 5.39. The molecule has 1 aliphatic carbocycles. The van der Waals surface area contributed by atoms with Crippen molar-refractivity contribution >= 4 is 5.57 Å². The van der Waals surface area contributed by atoms with Crippen molar-refractivity contribution in [3.8, 4) is 0 Å². The van der Waals surface area contributed by atoms with Gasteiger partial charge in [-0.05, 0) is 43.2 Å². The van der Waals surface area contributed by atoms with Gasteiger partial charge in [0.25, 0.3) is 0 Å². The van der Waals surface area contributed by atoms with Crippen molar-refractivity contribution in [3.05, 3.63) is 42.2 Å². The number of epoxide rings is 1. The molecular weight excluding hydrogens is 224 g/mol. The van der Waals surface area contributed by atoms with E-state index in [-0.39, 0.29) is 0 Å². The molecule has 1 saturated carbocycles. The lowest BCUT2D eigenvalue weighted by molar-refractivity contribution is 0.172. The van der Waals surface area contributed by atoms with E-state index in [0.29, 0.717) is 18.1 Å². The van der Waals surface area contributed by atoms with Gasteiger partial charge in [-0.15, -0.1) is 0 Å². The van der Waals surface area contributed by atoms with Crippen LogP contribution in [0.5, 0.6) is 0 Å². The van der Waals surface area contributed by atoms with Crippen LogP contribution in [-0.2, 0) is 9.47 Å². The summed E-state index contributed by atoms with van der Waals surface area (Å²) in [7, 11) is 0. The van der Waals surface area contributed by atoms with Gasteiger partial charge in [-0.1, -0.05) is 30.3 Å². The Hall–Kier alpha value is -1.28. The molecule has 0 radical (unpaired) electrons. The van der Waals surface area contributed by atoms with E-state index >= 15 is 0 Å². The van der Waals surface area contributed by atoms with Gasteiger partial charge in [0.1, 0.15) is 0 Å². The van der Waals surface area contributed by atoms with Crippen molar-refractivity contribution in [1.29, 1.82) is 0 Å². The summed E-state index contributed by atoms with van der Waals surface area (Å²) in [5.74, 6) is 0.675. The van der Waals surface area contributed by atoms with Crippen LogP contribution in [0.3, 0.4) is 0 Å². The summed E-state index contributed by atoms with van der Waals surface area (Å²) >= 11 is 0. The van der Waals surface area contributed by atoms with Crippen molar-refractivity contribution in [1.82, 2.24) is 0 Å². The van der Waals surface area contributed by atoms with Crippen molar-refractivity contribution in [2.75, 3.05) is 6.61 Å². The summed E-state index contributed by atoms with van der Waals surface area (Å²) in [6.45, 7) is 2.92. The van der Waals surface area contributed by atoms with Crippen LogP contribution in [0.15, 0.2) is 36.6 Å². The summed E-state index contributed by atoms with van der Waals surface area (Å²) in [4.78, 5) is 0. The maximum absolute atomic E-state index is 5.74. The Morgan fingerprint density at radius 1 is 1.28 bits per heavy atom. The van der Waals surface area contributed by atoms with Gasteiger partial charge in [0, 0.05) is 0 Å². The molecule has 1 aliphatic heterocycles. The third kappa shape index (κ3) is 2.75. The van der Waals surface area contributed by atoms with Gasteiger partial charge >= 0.3 is 0 Å². The highest BCUT2D eigenvalue weighted by Crippen LogP contribution is 2.39. The van der Waals surface area contributed by atoms with Crippen LogP contribution >= 0.6 is 0 Å². The Morgan fingerprint density at radius 2 is 2.11 bits per heavy atom. The fourth-order valence-corrected chi connectivity index (χ4v) is 2.72. The zero-order chi connectivity index (χ0) is 12.4. The quantitative estimate of drug-likeness (QED) is 0.596. The molecule has 2 nitrogen and oxygen atoms in total. The lowest BCUT2D eigenvalue weighted by Gasteiger charge is -2.18. The van der Waals surface area contributed by atoms with E-state index in [1.807, 2.05) is 12.3 Å². The lowest BCUT2D eigenvalue weighted by atomic mass is 9.90. The minimum atomic E-state index is 0.548. The number of hydrogen-bond acceptors (Lipinski definition) is 2. The first-order valence-electron chi connectivity index (χ1n) is 6.82. The van der Waals surface area contributed by atoms with Gasteiger partial charge < -0.3 is 9.47 Å². The molecule has 0 bridgehead atoms. The topological polar surface area (TPSA) is 21.8 Å². The lowest BCUT2D eigenvalue weighted by Crippen LogP contribution is -2.17. The van der Waals surface area contributed by atoms with E-state index in [1.54, 1.807) is 0 Å². The van der Waals surface area contributed by atoms with Crippen LogP contribution in [0.2, 0.25) is 0 Å². The Morgan fingerprint density at radius 3 is 2.89 bits per heavy atom. The Kier molecular flexibility index (Phi) is 3.37. The van der Waals surface area contributed by atoms with Crippen molar-refractivity contribution in [2.45, 2.75) is 38.4 Å². The molecule has 1 saturated heterocycles. The summed E-state index contributed by atoms with van der Waals surface area (Å²) in [6, 6.07) is 10.4. The number of fused-ring (bicyclic) bond motifs is 1. The van der Waals surface area contributed by atoms with Gasteiger partial charge in [-0.2, -0.15) is 0 Å². The summed E-state index contributed by atoms with van der Waals surface area (Å²) in [5, 5.41) is 0. The highest BCUT2D eigenvalue weighted by Gasteiger charge is 2.43. The highest BCUT2D eigenvalue weighted by atomic mass is 16.6. The molecule has 1 aromatic carbocycles. The number of hydrogen-bond donors (Lipinski definition) is 0. The van der Waals surface area contributed by atoms with E-state index < -0.39 is 0 Å². The first-order chi connectivity index (χ1) is 8.83. The maximum atomic E-state index is 5.74. The monoisotopic (exact) mass is 244 g/mol. The van der Waals surface area contributed by atoms with E-state index in [1.165, 1.54) is 30.4 Å². The van der Waals surface area contributed by atoms with E-state index in [0.717, 1.165) is 6.61 Å². The Labute approximate surface area is 109 Å². The van der Waals surface area contributed by atoms with Crippen LogP contribution < -0.4 is 0 Å². The maximum Gasteiger partial charge on any atom is 0.0902 e. The fraction of sp³-hybridized carbons (Fsp3) is 0.500. The molecule has 0 spiro atoms. The summed E-state index contributed by atoms with van der Waals surface area (Å²) in [5.41, 5.74) is 2.42. The van der Waals surface area contributed by atoms with Gasteiger partial charge in [-0.25, -0.2) is 0 Å². The van der Waals surface area contributed by atoms with E-state index in [9.17, 15) is 0 Å². The first-order valence-corrected chi connectivity index (χ1v) is 6.82. The van der Waals surface area contributed by atoms with Gasteiger partial charge in [0.15, 0.2) is 0 Å². The minimum Gasteiger partial charge on any atom is -0.501 e.